The molecular weight excluding hydrogens is 364 g/mol. The van der Waals surface area contributed by atoms with Gasteiger partial charge >= 0.3 is 5.97 Å². The number of esters is 1. The molecule has 144 valence electrons. The van der Waals surface area contributed by atoms with Crippen LogP contribution in [0.2, 0.25) is 0 Å². The fourth-order valence-corrected chi connectivity index (χ4v) is 4.01. The minimum absolute atomic E-state index is 0.214. The van der Waals surface area contributed by atoms with Crippen molar-refractivity contribution in [3.8, 4) is 11.8 Å². The zero-order valence-electron chi connectivity index (χ0n) is 16.0. The van der Waals surface area contributed by atoms with Crippen LogP contribution < -0.4 is 0 Å². The van der Waals surface area contributed by atoms with Gasteiger partial charge in [0.25, 0.3) is 0 Å². The maximum absolute atomic E-state index is 11.6. The number of hydrogen-bond acceptors (Lipinski definition) is 5. The van der Waals surface area contributed by atoms with Gasteiger partial charge in [-0.3, -0.25) is 4.90 Å². The monoisotopic (exact) mass is 384 g/mol. The Morgan fingerprint density at radius 2 is 2.00 bits per heavy atom. The molecule has 0 fully saturated rings. The number of nitrogens with zero attached hydrogens (tertiary/aromatic N) is 4. The van der Waals surface area contributed by atoms with Gasteiger partial charge in [0.05, 0.1) is 28.6 Å². The van der Waals surface area contributed by atoms with Crippen molar-refractivity contribution in [3.05, 3.63) is 82.2 Å². The summed E-state index contributed by atoms with van der Waals surface area (Å²) in [4.78, 5) is 14.0. The molecule has 0 bridgehead atoms. The van der Waals surface area contributed by atoms with Gasteiger partial charge in [-0.15, -0.1) is 0 Å². The molecule has 3 heterocycles. The second-order valence-electron chi connectivity index (χ2n) is 7.55. The summed E-state index contributed by atoms with van der Waals surface area (Å²) in [5, 5.41) is 13.7. The zero-order valence-corrected chi connectivity index (χ0v) is 16.0. The summed E-state index contributed by atoms with van der Waals surface area (Å²) >= 11 is 0. The molecule has 0 saturated heterocycles. The molecule has 0 saturated carbocycles. The van der Waals surface area contributed by atoms with E-state index in [-0.39, 0.29) is 5.97 Å². The van der Waals surface area contributed by atoms with Crippen LogP contribution in [0.5, 0.6) is 0 Å². The lowest BCUT2D eigenvalue weighted by molar-refractivity contribution is 0.0535. The molecule has 0 spiro atoms. The molecule has 1 aromatic heterocycles. The number of fused-ring (bicyclic) bond motifs is 2. The second kappa shape index (κ2) is 7.19. The van der Waals surface area contributed by atoms with Gasteiger partial charge in [-0.05, 0) is 42.3 Å². The Labute approximate surface area is 168 Å². The Morgan fingerprint density at radius 1 is 1.14 bits per heavy atom. The minimum Gasteiger partial charge on any atom is -0.457 e. The Bertz CT molecular complexity index is 1120. The molecule has 3 aromatic rings. The van der Waals surface area contributed by atoms with Gasteiger partial charge in [0, 0.05) is 43.4 Å². The summed E-state index contributed by atoms with van der Waals surface area (Å²) in [6.07, 6.45) is 3.98. The van der Waals surface area contributed by atoms with E-state index in [1.807, 2.05) is 41.1 Å². The third-order valence-corrected chi connectivity index (χ3v) is 5.66. The van der Waals surface area contributed by atoms with Crippen molar-refractivity contribution in [3.63, 3.8) is 0 Å². The van der Waals surface area contributed by atoms with Crippen LogP contribution >= 0.6 is 0 Å². The Morgan fingerprint density at radius 3 is 2.83 bits per heavy atom. The molecular formula is C23H20N4O2. The van der Waals surface area contributed by atoms with E-state index in [9.17, 15) is 4.79 Å². The summed E-state index contributed by atoms with van der Waals surface area (Å²) in [6.45, 7) is 3.24. The van der Waals surface area contributed by atoms with E-state index in [0.29, 0.717) is 17.7 Å². The van der Waals surface area contributed by atoms with E-state index >= 15 is 0 Å². The number of rotatable bonds is 4. The van der Waals surface area contributed by atoms with E-state index in [1.54, 1.807) is 0 Å². The molecule has 0 N–H and O–H groups in total. The zero-order chi connectivity index (χ0) is 19.8. The van der Waals surface area contributed by atoms with Gasteiger partial charge in [-0.2, -0.15) is 10.4 Å². The maximum Gasteiger partial charge on any atom is 0.338 e. The van der Waals surface area contributed by atoms with Gasteiger partial charge in [0.1, 0.15) is 6.61 Å². The highest BCUT2D eigenvalue weighted by molar-refractivity contribution is 5.93. The molecule has 6 heteroatoms. The van der Waals surface area contributed by atoms with E-state index in [4.69, 9.17) is 15.1 Å². The topological polar surface area (TPSA) is 71.2 Å². The summed E-state index contributed by atoms with van der Waals surface area (Å²) < 4.78 is 7.00. The molecule has 2 aromatic carbocycles. The number of aromatic nitrogens is 2. The van der Waals surface area contributed by atoms with Crippen molar-refractivity contribution < 1.29 is 9.53 Å². The molecule has 0 aliphatic carbocycles. The van der Waals surface area contributed by atoms with Gasteiger partial charge in [-0.25, -0.2) is 9.48 Å². The van der Waals surface area contributed by atoms with Gasteiger partial charge in [0.2, 0.25) is 0 Å². The van der Waals surface area contributed by atoms with Crippen molar-refractivity contribution in [1.29, 1.82) is 5.26 Å². The maximum atomic E-state index is 11.6. The van der Waals surface area contributed by atoms with Gasteiger partial charge < -0.3 is 4.74 Å². The van der Waals surface area contributed by atoms with Crippen LogP contribution in [-0.4, -0.2) is 33.7 Å². The molecule has 29 heavy (non-hydrogen) atoms. The number of carbonyl (C=O) groups is 1. The quantitative estimate of drug-likeness (QED) is 0.647. The first-order valence-corrected chi connectivity index (χ1v) is 9.79. The first kappa shape index (κ1) is 17.7. The molecule has 0 amide bonds. The minimum atomic E-state index is -0.214. The van der Waals surface area contributed by atoms with Gasteiger partial charge in [0.15, 0.2) is 0 Å². The van der Waals surface area contributed by atoms with Gasteiger partial charge in [-0.1, -0.05) is 12.1 Å². The molecule has 2 aliphatic rings. The van der Waals surface area contributed by atoms with E-state index in [1.165, 1.54) is 11.1 Å². The fourth-order valence-electron chi connectivity index (χ4n) is 4.01. The molecule has 5 rings (SSSR count). The average Bonchev–Trinajstić information content (AvgIpc) is 3.35. The Hall–Kier alpha value is -3.43. The first-order chi connectivity index (χ1) is 14.2. The summed E-state index contributed by atoms with van der Waals surface area (Å²) in [7, 11) is 0. The average molecular weight is 384 g/mol. The molecule has 0 atom stereocenters. The van der Waals surface area contributed by atoms with Crippen molar-refractivity contribution in [1.82, 2.24) is 14.7 Å². The number of hydrogen-bond donors (Lipinski definition) is 0. The van der Waals surface area contributed by atoms with E-state index in [2.05, 4.69) is 23.2 Å². The van der Waals surface area contributed by atoms with Crippen LogP contribution in [0, 0.1) is 11.3 Å². The number of cyclic esters (lactones) is 1. The van der Waals surface area contributed by atoms with E-state index < -0.39 is 0 Å². The lowest BCUT2D eigenvalue weighted by atomic mass is 10.0. The Balaban J connectivity index is 1.25. The number of ether oxygens (including phenoxy) is 1. The van der Waals surface area contributed by atoms with Crippen LogP contribution in [0.4, 0.5) is 0 Å². The SMILES string of the molecule is N#Cc1ccc(-n2cc3c(n2)CCN(CCc2ccc4c(c2)COC4=O)C3)cc1. The van der Waals surface area contributed by atoms with Crippen LogP contribution in [0.3, 0.4) is 0 Å². The highest BCUT2D eigenvalue weighted by Crippen LogP contribution is 2.23. The summed E-state index contributed by atoms with van der Waals surface area (Å²) in [5.74, 6) is -0.214. The highest BCUT2D eigenvalue weighted by Gasteiger charge is 2.22. The van der Waals surface area contributed by atoms with Crippen LogP contribution in [0.25, 0.3) is 5.69 Å². The molecule has 6 nitrogen and oxygen atoms in total. The predicted octanol–water partition coefficient (Wildman–Crippen LogP) is 3.02. The predicted molar refractivity (Wildman–Crippen MR) is 107 cm³/mol. The standard InChI is InChI=1S/C23H20N4O2/c24-12-17-1-4-20(5-2-17)27-14-19-13-26(10-8-22(19)25-27)9-7-16-3-6-21-18(11-16)15-29-23(21)28/h1-6,11,14H,7-10,13,15H2. The van der Waals surface area contributed by atoms with Crippen LogP contribution in [-0.2, 0) is 30.7 Å². The summed E-state index contributed by atoms with van der Waals surface area (Å²) in [5.41, 5.74) is 6.97. The second-order valence-corrected chi connectivity index (χ2v) is 7.55. The number of nitriles is 1. The highest BCUT2D eigenvalue weighted by atomic mass is 16.5. The van der Waals surface area contributed by atoms with Crippen LogP contribution in [0.1, 0.15) is 38.3 Å². The summed E-state index contributed by atoms with van der Waals surface area (Å²) in [6, 6.07) is 15.6. The molecule has 0 radical (unpaired) electrons. The number of carbonyl (C=O) groups excluding carboxylic acids is 1. The molecule has 0 unspecified atom stereocenters. The van der Waals surface area contributed by atoms with Crippen molar-refractivity contribution in [2.45, 2.75) is 26.0 Å². The fraction of sp³-hybridized carbons (Fsp3) is 0.261. The van der Waals surface area contributed by atoms with E-state index in [0.717, 1.165) is 49.4 Å². The normalized spacial score (nSPS) is 15.5. The third-order valence-electron chi connectivity index (χ3n) is 5.66. The largest absolute Gasteiger partial charge is 0.457 e. The third kappa shape index (κ3) is 3.41. The van der Waals surface area contributed by atoms with Crippen LogP contribution in [0.15, 0.2) is 48.7 Å². The molecule has 2 aliphatic heterocycles. The van der Waals surface area contributed by atoms with Crippen molar-refractivity contribution in [2.75, 3.05) is 13.1 Å². The number of benzene rings is 2. The van der Waals surface area contributed by atoms with Crippen molar-refractivity contribution >= 4 is 5.97 Å². The lowest BCUT2D eigenvalue weighted by Crippen LogP contribution is -2.31. The first-order valence-electron chi connectivity index (χ1n) is 9.79. The smallest absolute Gasteiger partial charge is 0.338 e. The lowest BCUT2D eigenvalue weighted by Gasteiger charge is -2.25. The van der Waals surface area contributed by atoms with Crippen molar-refractivity contribution in [2.24, 2.45) is 0 Å². The Kier molecular flexibility index (Phi) is 4.38.